The number of rotatable bonds is 18. The van der Waals surface area contributed by atoms with E-state index in [0.717, 1.165) is 11.1 Å². The third-order valence-electron chi connectivity index (χ3n) is 11.7. The van der Waals surface area contributed by atoms with Crippen LogP contribution in [0.25, 0.3) is 22.3 Å². The first-order valence-electron chi connectivity index (χ1n) is 22.5. The number of phosphoric ester groups is 2. The second-order valence-corrected chi connectivity index (χ2v) is 19.5. The van der Waals surface area contributed by atoms with E-state index in [1.165, 1.54) is 25.3 Å². The van der Waals surface area contributed by atoms with Crippen LogP contribution < -0.4 is 21.3 Å². The Hall–Kier alpha value is -5.90. The number of amides is 4. The number of carbonyl (C=O) groups excluding carboxylic acids is 2. The highest BCUT2D eigenvalue weighted by Crippen LogP contribution is 2.61. The molecule has 71 heavy (non-hydrogen) atoms. The van der Waals surface area contributed by atoms with Gasteiger partial charge in [0.05, 0.1) is 25.9 Å². The summed E-state index contributed by atoms with van der Waals surface area (Å²) in [6.45, 7) is 2.90. The van der Waals surface area contributed by atoms with Crippen LogP contribution in [0.1, 0.15) is 37.4 Å². The van der Waals surface area contributed by atoms with E-state index >= 15 is 0 Å². The molecule has 0 spiro atoms. The molecular formula is C42H48N12O15P2. The van der Waals surface area contributed by atoms with Crippen molar-refractivity contribution in [2.45, 2.75) is 88.3 Å². The second-order valence-electron chi connectivity index (χ2n) is 16.4. The molecule has 0 saturated carbocycles. The summed E-state index contributed by atoms with van der Waals surface area (Å²) in [6.07, 6.45) is -3.27. The van der Waals surface area contributed by atoms with Crippen LogP contribution in [0, 0.1) is 0 Å². The molecule has 10 rings (SSSR count). The van der Waals surface area contributed by atoms with Crippen LogP contribution in [0.5, 0.6) is 0 Å². The number of benzene rings is 2. The maximum atomic E-state index is 13.5. The lowest BCUT2D eigenvalue weighted by atomic mass is 10.1. The summed E-state index contributed by atoms with van der Waals surface area (Å²) >= 11 is 0. The Kier molecular flexibility index (Phi) is 14.2. The van der Waals surface area contributed by atoms with Gasteiger partial charge < -0.3 is 48.8 Å². The van der Waals surface area contributed by atoms with Crippen molar-refractivity contribution in [3.05, 3.63) is 97.1 Å². The molecule has 376 valence electrons. The molecule has 2 aromatic carbocycles. The van der Waals surface area contributed by atoms with Crippen molar-refractivity contribution < 1.29 is 70.3 Å². The minimum atomic E-state index is -5.41. The molecule has 4 fully saturated rings. The lowest BCUT2D eigenvalue weighted by Gasteiger charge is -2.23. The summed E-state index contributed by atoms with van der Waals surface area (Å²) in [5.41, 5.74) is 2.83. The third kappa shape index (κ3) is 10.7. The Labute approximate surface area is 403 Å². The molecular weight excluding hydrogens is 974 g/mol. The van der Waals surface area contributed by atoms with Gasteiger partial charge in [0, 0.05) is 25.9 Å². The van der Waals surface area contributed by atoms with Crippen LogP contribution in [0.2, 0.25) is 0 Å². The molecule has 8 unspecified atom stereocenters. The minimum Gasteiger partial charge on any atom is -0.347 e. The Balaban J connectivity index is 0.826. The summed E-state index contributed by atoms with van der Waals surface area (Å²) in [7, 11) is -10.8. The number of nitrogens with one attached hydrogen (secondary N) is 4. The van der Waals surface area contributed by atoms with Crippen LogP contribution in [0.15, 0.2) is 86.0 Å². The van der Waals surface area contributed by atoms with Crippen molar-refractivity contribution >= 4 is 61.7 Å². The summed E-state index contributed by atoms with van der Waals surface area (Å²) in [4.78, 5) is 72.4. The number of hydrogen-bond acceptors (Lipinski definition) is 19. The topological polar surface area (TPSA) is 327 Å². The van der Waals surface area contributed by atoms with Crippen LogP contribution in [0.3, 0.4) is 0 Å². The first-order valence-corrected chi connectivity index (χ1v) is 25.5. The molecule has 4 saturated heterocycles. The molecule has 0 aliphatic carbocycles. The zero-order chi connectivity index (χ0) is 49.3. The normalized spacial score (nSPS) is 27.5. The SMILES string of the molecule is CCNC(=O)Nc1ncnc2c1ncn2[C@@H]1O[C@H](COP(=O)(O)OP(=O)(O)OC[C@H]2O[C@@H](n3cnc4c(NC(=O)NCC)ncnc43)C3OC(Cc4ccccc4)OC32)C2OC(Cc3ccccc3)OC21. The molecule has 4 aliphatic rings. The Morgan fingerprint density at radius 1 is 0.592 bits per heavy atom. The fourth-order valence-corrected chi connectivity index (χ4v) is 10.8. The quantitative estimate of drug-likeness (QED) is 0.0668. The van der Waals surface area contributed by atoms with E-state index in [-0.39, 0.29) is 34.0 Å². The highest BCUT2D eigenvalue weighted by atomic mass is 31.3. The number of nitrogens with zero attached hydrogens (tertiary/aromatic N) is 8. The Morgan fingerprint density at radius 3 is 1.41 bits per heavy atom. The smallest absolute Gasteiger partial charge is 0.347 e. The van der Waals surface area contributed by atoms with Crippen LogP contribution in [0.4, 0.5) is 21.2 Å². The number of hydrogen-bond donors (Lipinski definition) is 6. The zero-order valence-electron chi connectivity index (χ0n) is 37.8. The van der Waals surface area contributed by atoms with Crippen LogP contribution >= 0.6 is 15.6 Å². The average Bonchev–Trinajstić information content (AvgIpc) is 4.21. The van der Waals surface area contributed by atoms with Crippen molar-refractivity contribution in [1.82, 2.24) is 49.7 Å². The van der Waals surface area contributed by atoms with E-state index in [2.05, 4.69) is 51.2 Å². The number of ether oxygens (including phenoxy) is 6. The lowest BCUT2D eigenvalue weighted by Crippen LogP contribution is -2.32. The van der Waals surface area contributed by atoms with E-state index in [1.54, 1.807) is 23.0 Å². The fourth-order valence-electron chi connectivity index (χ4n) is 8.72. The first kappa shape index (κ1) is 48.7. The summed E-state index contributed by atoms with van der Waals surface area (Å²) in [5.74, 6) is 0.265. The summed E-state index contributed by atoms with van der Waals surface area (Å²) in [5, 5.41) is 10.5. The predicted molar refractivity (Wildman–Crippen MR) is 244 cm³/mol. The van der Waals surface area contributed by atoms with Gasteiger partial charge in [-0.15, -0.1) is 0 Å². The zero-order valence-corrected chi connectivity index (χ0v) is 39.6. The van der Waals surface area contributed by atoms with Crippen molar-refractivity contribution in [1.29, 1.82) is 0 Å². The monoisotopic (exact) mass is 1020 g/mol. The number of anilines is 2. The van der Waals surface area contributed by atoms with Crippen molar-refractivity contribution in [3.8, 4) is 0 Å². The molecule has 6 N–H and O–H groups in total. The number of aromatic nitrogens is 8. The van der Waals surface area contributed by atoms with Gasteiger partial charge in [-0.2, -0.15) is 4.31 Å². The summed E-state index contributed by atoms with van der Waals surface area (Å²) in [6, 6.07) is 17.9. The maximum Gasteiger partial charge on any atom is 0.481 e. The average molecular weight is 1020 g/mol. The third-order valence-corrected chi connectivity index (χ3v) is 14.3. The molecule has 4 amide bonds. The Morgan fingerprint density at radius 2 is 1.00 bits per heavy atom. The number of imidazole rings is 2. The predicted octanol–water partition coefficient (Wildman–Crippen LogP) is 3.70. The van der Waals surface area contributed by atoms with Crippen molar-refractivity contribution in [3.63, 3.8) is 0 Å². The molecule has 0 radical (unpaired) electrons. The van der Waals surface area contributed by atoms with Gasteiger partial charge in [-0.1, -0.05) is 60.7 Å². The van der Waals surface area contributed by atoms with Crippen molar-refractivity contribution in [2.75, 3.05) is 36.9 Å². The highest BCUT2D eigenvalue weighted by Gasteiger charge is 2.56. The maximum absolute atomic E-state index is 13.5. The van der Waals surface area contributed by atoms with E-state index in [1.807, 2.05) is 60.7 Å². The number of phosphoric acid groups is 2. The molecule has 12 atom stereocenters. The molecule has 29 heteroatoms. The molecule has 27 nitrogen and oxygen atoms in total. The van der Waals surface area contributed by atoms with Crippen molar-refractivity contribution in [2.24, 2.45) is 0 Å². The number of urea groups is 2. The number of fused-ring (bicyclic) bond motifs is 4. The van der Waals surface area contributed by atoms with Gasteiger partial charge in [0.25, 0.3) is 0 Å². The van der Waals surface area contributed by atoms with E-state index in [4.69, 9.17) is 41.8 Å². The van der Waals surface area contributed by atoms with Gasteiger partial charge in [-0.3, -0.25) is 28.8 Å². The van der Waals surface area contributed by atoms with Gasteiger partial charge in [0.15, 0.2) is 59.0 Å². The first-order chi connectivity index (χ1) is 34.3. The molecule has 6 aromatic rings. The molecule has 8 heterocycles. The van der Waals surface area contributed by atoms with Gasteiger partial charge in [-0.05, 0) is 25.0 Å². The van der Waals surface area contributed by atoms with Gasteiger partial charge in [0.2, 0.25) is 0 Å². The van der Waals surface area contributed by atoms with E-state index in [9.17, 15) is 28.5 Å². The lowest BCUT2D eigenvalue weighted by molar-refractivity contribution is -0.149. The van der Waals surface area contributed by atoms with Gasteiger partial charge in [0.1, 0.15) is 49.3 Å². The van der Waals surface area contributed by atoms with Crippen LogP contribution in [-0.2, 0) is 63.8 Å². The van der Waals surface area contributed by atoms with E-state index in [0.29, 0.717) is 25.9 Å². The minimum absolute atomic E-state index is 0.133. The van der Waals surface area contributed by atoms with Crippen LogP contribution in [-0.4, -0.2) is 136 Å². The molecule has 4 aromatic heterocycles. The Bertz CT molecular complexity index is 2760. The standard InChI is InChI=1S/C42H48N12O15P2/c1-3-43-41(55)51-35-29-37(47-19-45-35)53(21-49-29)39-33-31(65-27(67-33)15-23-11-7-5-8-12-23)25(63-39)17-61-70(57,58)69-71(59,60)62-18-26-32-34(68-28(66-32)16-24-13-9-6-10-14-24)40(64-26)54-22-50-30-36(46-20-48-38(30)54)52-42(56)44-4-2/h5-14,19-22,25-28,31-34,39-40H,3-4,15-18H2,1-2H3,(H,57,58)(H,59,60)(H2,43,45,47,51,55)(H2,44,46,48,52,56)/t25-,26-,27?,28?,31?,32?,33?,34?,39-,40-/m1/s1. The molecule has 4 aliphatic heterocycles. The highest BCUT2D eigenvalue weighted by molar-refractivity contribution is 7.61. The largest absolute Gasteiger partial charge is 0.481 e. The van der Waals surface area contributed by atoms with Gasteiger partial charge in [-0.25, -0.2) is 48.6 Å². The number of carbonyl (C=O) groups is 2. The second kappa shape index (κ2) is 20.7. The fraction of sp³-hybridized carbons (Fsp3) is 0.429. The molecule has 0 bridgehead atoms. The van der Waals surface area contributed by atoms with E-state index < -0.39 is 103 Å². The summed E-state index contributed by atoms with van der Waals surface area (Å²) < 4.78 is 83.4. The van der Waals surface area contributed by atoms with Gasteiger partial charge >= 0.3 is 27.7 Å².